The van der Waals surface area contributed by atoms with Crippen LogP contribution in [0.3, 0.4) is 0 Å². The summed E-state index contributed by atoms with van der Waals surface area (Å²) in [4.78, 5) is 27.0. The minimum absolute atomic E-state index is 0.0549. The molecule has 2 aromatic rings. The van der Waals surface area contributed by atoms with Crippen LogP contribution in [0.25, 0.3) is 0 Å². The Bertz CT molecular complexity index is 1100. The van der Waals surface area contributed by atoms with Crippen molar-refractivity contribution in [2.24, 2.45) is 0 Å². The molecule has 1 N–H and O–H groups in total. The van der Waals surface area contributed by atoms with E-state index in [1.807, 2.05) is 29.2 Å². The summed E-state index contributed by atoms with van der Waals surface area (Å²) < 4.78 is 10.8. The van der Waals surface area contributed by atoms with Gasteiger partial charge in [0.05, 0.1) is 4.92 Å². The van der Waals surface area contributed by atoms with Crippen LogP contribution >= 0.6 is 0 Å². The lowest BCUT2D eigenvalue weighted by Gasteiger charge is -2.34. The van der Waals surface area contributed by atoms with Gasteiger partial charge in [-0.05, 0) is 23.8 Å². The number of hydrogen-bond donors (Lipinski definition) is 1. The molecule has 2 aromatic carbocycles. The Kier molecular flexibility index (Phi) is 6.19. The number of carbonyl (C=O) groups excluding carboxylic acids is 1. The number of anilines is 1. The molecule has 2 aliphatic heterocycles. The van der Waals surface area contributed by atoms with Gasteiger partial charge in [0.2, 0.25) is 6.79 Å². The van der Waals surface area contributed by atoms with E-state index in [4.69, 9.17) is 9.47 Å². The monoisotopic (exact) mass is 435 g/mol. The van der Waals surface area contributed by atoms with E-state index in [0.29, 0.717) is 13.1 Å². The Hall–Kier alpha value is -4.10. The van der Waals surface area contributed by atoms with Gasteiger partial charge in [0.25, 0.3) is 11.6 Å². The molecule has 10 nitrogen and oxygen atoms in total. The van der Waals surface area contributed by atoms with Crippen LogP contribution < -0.4 is 14.8 Å². The first-order valence-electron chi connectivity index (χ1n) is 10.0. The van der Waals surface area contributed by atoms with Crippen LogP contribution in [-0.2, 0) is 11.3 Å². The second kappa shape index (κ2) is 9.36. The van der Waals surface area contributed by atoms with Crippen molar-refractivity contribution in [3.05, 3.63) is 69.9 Å². The number of benzene rings is 2. The molecule has 1 fully saturated rings. The second-order valence-electron chi connectivity index (χ2n) is 7.42. The van der Waals surface area contributed by atoms with E-state index >= 15 is 0 Å². The zero-order valence-corrected chi connectivity index (χ0v) is 17.2. The van der Waals surface area contributed by atoms with Crippen molar-refractivity contribution in [3.63, 3.8) is 0 Å². The fourth-order valence-electron chi connectivity index (χ4n) is 3.56. The highest BCUT2D eigenvalue weighted by Crippen LogP contribution is 2.32. The lowest BCUT2D eigenvalue weighted by Crippen LogP contribution is -2.43. The van der Waals surface area contributed by atoms with Crippen LogP contribution in [0.15, 0.2) is 54.2 Å². The molecule has 32 heavy (non-hydrogen) atoms. The van der Waals surface area contributed by atoms with E-state index in [1.54, 1.807) is 6.20 Å². The Balaban J connectivity index is 1.32. The summed E-state index contributed by atoms with van der Waals surface area (Å²) in [5.41, 5.74) is 1.20. The molecular weight excluding hydrogens is 414 g/mol. The van der Waals surface area contributed by atoms with Crippen LogP contribution in [0.5, 0.6) is 11.5 Å². The topological polar surface area (TPSA) is 121 Å². The summed E-state index contributed by atoms with van der Waals surface area (Å²) in [6.45, 7) is 3.90. The third-order valence-electron chi connectivity index (χ3n) is 5.24. The first-order chi connectivity index (χ1) is 15.5. The molecule has 0 aromatic heterocycles. The number of carbonyl (C=O) groups is 1. The maximum atomic E-state index is 12.5. The van der Waals surface area contributed by atoms with Crippen molar-refractivity contribution in [1.82, 2.24) is 9.80 Å². The summed E-state index contributed by atoms with van der Waals surface area (Å²) in [6, 6.07) is 13.4. The standard InChI is InChI=1S/C22H21N5O5/c23-12-17(22(28)24-18-2-1-3-19(11-18)27(29)30)14-26-8-6-25(7-9-26)13-16-4-5-20-21(10-16)32-15-31-20/h1-5,10-11,14H,6-9,13,15H2,(H,24,28)/b17-14-. The number of rotatable bonds is 6. The largest absolute Gasteiger partial charge is 0.454 e. The van der Waals surface area contributed by atoms with Crippen LogP contribution in [0.2, 0.25) is 0 Å². The number of fused-ring (bicyclic) bond motifs is 1. The quantitative estimate of drug-likeness (QED) is 0.318. The predicted molar refractivity (Wildman–Crippen MR) is 115 cm³/mol. The lowest BCUT2D eigenvalue weighted by atomic mass is 10.1. The number of nitrogens with one attached hydrogen (secondary N) is 1. The molecule has 1 amide bonds. The number of piperazine rings is 1. The zero-order chi connectivity index (χ0) is 22.5. The fraction of sp³-hybridized carbons (Fsp3) is 0.273. The molecule has 0 aliphatic carbocycles. The predicted octanol–water partition coefficient (Wildman–Crippen LogP) is 2.49. The van der Waals surface area contributed by atoms with Crippen LogP contribution in [0, 0.1) is 21.4 Å². The van der Waals surface area contributed by atoms with E-state index in [-0.39, 0.29) is 23.7 Å². The minimum Gasteiger partial charge on any atom is -0.454 e. The van der Waals surface area contributed by atoms with Crippen molar-refractivity contribution in [2.75, 3.05) is 38.3 Å². The van der Waals surface area contributed by atoms with Gasteiger partial charge in [0.1, 0.15) is 11.6 Å². The van der Waals surface area contributed by atoms with Gasteiger partial charge in [-0.1, -0.05) is 12.1 Å². The van der Waals surface area contributed by atoms with E-state index in [9.17, 15) is 20.2 Å². The highest BCUT2D eigenvalue weighted by molar-refractivity contribution is 6.06. The van der Waals surface area contributed by atoms with Gasteiger partial charge in [0, 0.05) is 56.7 Å². The highest BCUT2D eigenvalue weighted by Gasteiger charge is 2.19. The van der Waals surface area contributed by atoms with Crippen molar-refractivity contribution in [1.29, 1.82) is 5.26 Å². The average Bonchev–Trinajstić information content (AvgIpc) is 3.26. The van der Waals surface area contributed by atoms with Gasteiger partial charge in [-0.15, -0.1) is 0 Å². The lowest BCUT2D eigenvalue weighted by molar-refractivity contribution is -0.384. The van der Waals surface area contributed by atoms with Crippen molar-refractivity contribution in [2.45, 2.75) is 6.54 Å². The van der Waals surface area contributed by atoms with Crippen LogP contribution in [-0.4, -0.2) is 53.6 Å². The molecule has 10 heteroatoms. The maximum absolute atomic E-state index is 12.5. The molecule has 2 heterocycles. The number of ether oxygens (including phenoxy) is 2. The summed E-state index contributed by atoms with van der Waals surface area (Å²) in [6.07, 6.45) is 1.55. The van der Waals surface area contributed by atoms with E-state index in [2.05, 4.69) is 10.2 Å². The van der Waals surface area contributed by atoms with Crippen LogP contribution in [0.1, 0.15) is 5.56 Å². The number of amides is 1. The van der Waals surface area contributed by atoms with Gasteiger partial charge in [-0.3, -0.25) is 19.8 Å². The van der Waals surface area contributed by atoms with Gasteiger partial charge in [-0.25, -0.2) is 0 Å². The van der Waals surface area contributed by atoms with Crippen molar-refractivity contribution >= 4 is 17.3 Å². The first-order valence-corrected chi connectivity index (χ1v) is 10.0. The maximum Gasteiger partial charge on any atom is 0.271 e. The Morgan fingerprint density at radius 2 is 1.94 bits per heavy atom. The van der Waals surface area contributed by atoms with Gasteiger partial charge >= 0.3 is 0 Å². The third kappa shape index (κ3) is 4.96. The number of hydrogen-bond acceptors (Lipinski definition) is 8. The normalized spacial score (nSPS) is 15.8. The first kappa shape index (κ1) is 21.1. The smallest absolute Gasteiger partial charge is 0.271 e. The van der Waals surface area contributed by atoms with Crippen molar-refractivity contribution < 1.29 is 19.2 Å². The van der Waals surface area contributed by atoms with Gasteiger partial charge in [0.15, 0.2) is 11.5 Å². The second-order valence-corrected chi connectivity index (χ2v) is 7.42. The number of non-ortho nitro benzene ring substituents is 1. The number of nitro benzene ring substituents is 1. The van der Waals surface area contributed by atoms with Crippen molar-refractivity contribution in [3.8, 4) is 17.6 Å². The molecule has 164 valence electrons. The number of nitro groups is 1. The molecule has 0 unspecified atom stereocenters. The Morgan fingerprint density at radius 1 is 1.16 bits per heavy atom. The average molecular weight is 435 g/mol. The number of nitrogens with zero attached hydrogens (tertiary/aromatic N) is 4. The molecule has 0 radical (unpaired) electrons. The van der Waals surface area contributed by atoms with Gasteiger partial charge in [-0.2, -0.15) is 5.26 Å². The summed E-state index contributed by atoms with van der Waals surface area (Å²) in [5, 5.41) is 22.9. The molecule has 2 aliphatic rings. The minimum atomic E-state index is -0.601. The van der Waals surface area contributed by atoms with Gasteiger partial charge < -0.3 is 19.7 Å². The summed E-state index contributed by atoms with van der Waals surface area (Å²) >= 11 is 0. The molecule has 0 atom stereocenters. The third-order valence-corrected chi connectivity index (χ3v) is 5.24. The molecule has 0 spiro atoms. The molecule has 0 saturated carbocycles. The summed E-state index contributed by atoms with van der Waals surface area (Å²) in [5.74, 6) is 0.921. The Morgan fingerprint density at radius 3 is 2.69 bits per heavy atom. The fourth-order valence-corrected chi connectivity index (χ4v) is 3.56. The Labute approximate surface area is 184 Å². The number of nitriles is 1. The molecule has 0 bridgehead atoms. The van der Waals surface area contributed by atoms with E-state index in [0.717, 1.165) is 36.7 Å². The zero-order valence-electron chi connectivity index (χ0n) is 17.2. The van der Waals surface area contributed by atoms with Crippen LogP contribution in [0.4, 0.5) is 11.4 Å². The highest BCUT2D eigenvalue weighted by atomic mass is 16.7. The summed E-state index contributed by atoms with van der Waals surface area (Å²) in [7, 11) is 0. The SMILES string of the molecule is N#C/C(=C/N1CCN(Cc2ccc3c(c2)OCO3)CC1)C(=O)Nc1cccc([N+](=O)[O-])c1. The van der Waals surface area contributed by atoms with E-state index in [1.165, 1.54) is 24.3 Å². The molecular formula is C22H21N5O5. The molecule has 4 rings (SSSR count). The molecule has 1 saturated heterocycles. The van der Waals surface area contributed by atoms with E-state index < -0.39 is 10.8 Å².